The molecule has 0 fully saturated rings. The Morgan fingerprint density at radius 2 is 2.10 bits per heavy atom. The fourth-order valence-electron chi connectivity index (χ4n) is 0.552. The van der Waals surface area contributed by atoms with E-state index in [0.717, 1.165) is 0 Å². The number of nitroso groups, excluding NO2 is 1. The van der Waals surface area contributed by atoms with Crippen molar-refractivity contribution in [1.82, 2.24) is 5.01 Å². The van der Waals surface area contributed by atoms with Gasteiger partial charge < -0.3 is 0 Å². The molecule has 10 heavy (non-hydrogen) atoms. The van der Waals surface area contributed by atoms with Crippen molar-refractivity contribution >= 4 is 0 Å². The van der Waals surface area contributed by atoms with Crippen molar-refractivity contribution < 1.29 is 0 Å². The summed E-state index contributed by atoms with van der Waals surface area (Å²) in [4.78, 5) is 10.2. The van der Waals surface area contributed by atoms with Gasteiger partial charge >= 0.3 is 0 Å². The van der Waals surface area contributed by atoms with Crippen LogP contribution in [0.1, 0.15) is 20.8 Å². The molecule has 3 nitrogen and oxygen atoms in total. The van der Waals surface area contributed by atoms with E-state index in [1.54, 1.807) is 6.08 Å². The Morgan fingerprint density at radius 1 is 1.60 bits per heavy atom. The van der Waals surface area contributed by atoms with Gasteiger partial charge in [-0.25, -0.2) is 0 Å². The number of hydrogen-bond donors (Lipinski definition) is 0. The van der Waals surface area contributed by atoms with Crippen LogP contribution >= 0.6 is 0 Å². The van der Waals surface area contributed by atoms with Crippen molar-refractivity contribution in [3.63, 3.8) is 0 Å². The normalized spacial score (nSPS) is 10.7. The summed E-state index contributed by atoms with van der Waals surface area (Å²) in [5, 5.41) is 4.31. The lowest BCUT2D eigenvalue weighted by atomic mass is 10.1. The number of nitrogens with zero attached hydrogens (tertiary/aromatic N) is 2. The predicted octanol–water partition coefficient (Wildman–Crippen LogP) is 1.95. The number of rotatable bonds is 3. The summed E-state index contributed by atoms with van der Waals surface area (Å²) in [5.74, 6) is 0. The van der Waals surface area contributed by atoms with E-state index in [2.05, 4.69) is 11.9 Å². The second-order valence-corrected chi connectivity index (χ2v) is 3.12. The minimum Gasteiger partial charge on any atom is -0.252 e. The van der Waals surface area contributed by atoms with Crippen molar-refractivity contribution in [2.24, 2.45) is 5.29 Å². The van der Waals surface area contributed by atoms with Crippen molar-refractivity contribution in [3.05, 3.63) is 17.6 Å². The molecule has 3 heteroatoms. The van der Waals surface area contributed by atoms with Crippen molar-refractivity contribution in [1.29, 1.82) is 0 Å². The molecule has 0 rings (SSSR count). The highest BCUT2D eigenvalue weighted by atomic mass is 16.3. The molecule has 0 radical (unpaired) electrons. The van der Waals surface area contributed by atoms with Gasteiger partial charge in [-0.05, 0) is 20.8 Å². The van der Waals surface area contributed by atoms with Crippen molar-refractivity contribution in [3.8, 4) is 0 Å². The minimum absolute atomic E-state index is 0.198. The van der Waals surface area contributed by atoms with Crippen LogP contribution in [0.15, 0.2) is 17.9 Å². The van der Waals surface area contributed by atoms with Crippen LogP contribution in [-0.4, -0.2) is 17.1 Å². The van der Waals surface area contributed by atoms with Gasteiger partial charge in [0.15, 0.2) is 0 Å². The van der Waals surface area contributed by atoms with Crippen LogP contribution < -0.4 is 0 Å². The molecule has 0 aromatic heterocycles. The van der Waals surface area contributed by atoms with Crippen molar-refractivity contribution in [2.75, 3.05) is 6.54 Å². The second-order valence-electron chi connectivity index (χ2n) is 3.12. The molecule has 0 saturated heterocycles. The Balaban J connectivity index is 4.05. The third kappa shape index (κ3) is 2.62. The van der Waals surface area contributed by atoms with Crippen LogP contribution in [-0.2, 0) is 0 Å². The molecule has 0 spiro atoms. The third-order valence-corrected chi connectivity index (χ3v) is 1.17. The monoisotopic (exact) mass is 142 g/mol. The molecule has 0 aliphatic heterocycles. The molecule has 0 atom stereocenters. The summed E-state index contributed by atoms with van der Waals surface area (Å²) in [6.07, 6.45) is 1.66. The fraction of sp³-hybridized carbons (Fsp3) is 0.714. The first kappa shape index (κ1) is 9.14. The molecule has 0 bridgehead atoms. The average molecular weight is 142 g/mol. The zero-order valence-corrected chi connectivity index (χ0v) is 6.79. The van der Waals surface area contributed by atoms with Gasteiger partial charge in [-0.3, -0.25) is 5.01 Å². The van der Waals surface area contributed by atoms with Crippen LogP contribution in [0.4, 0.5) is 0 Å². The summed E-state index contributed by atoms with van der Waals surface area (Å²) in [7, 11) is 0. The highest BCUT2D eigenvalue weighted by Gasteiger charge is 2.18. The lowest BCUT2D eigenvalue weighted by Gasteiger charge is -2.28. The van der Waals surface area contributed by atoms with Gasteiger partial charge in [-0.1, -0.05) is 6.08 Å². The standard InChI is InChI=1S/C7H14N2O/c1-5-6-9(8-10)7(2,3)4/h5H,1,6H2,2-4H3. The first-order chi connectivity index (χ1) is 4.52. The van der Waals surface area contributed by atoms with Gasteiger partial charge in [-0.2, -0.15) is 0 Å². The van der Waals surface area contributed by atoms with E-state index in [9.17, 15) is 4.91 Å². The molecule has 0 aliphatic rings. The lowest BCUT2D eigenvalue weighted by molar-refractivity contribution is 0.158. The van der Waals surface area contributed by atoms with E-state index >= 15 is 0 Å². The quantitative estimate of drug-likeness (QED) is 0.343. The average Bonchev–Trinajstić information content (AvgIpc) is 1.80. The molecule has 0 amide bonds. The van der Waals surface area contributed by atoms with Crippen LogP contribution in [0.2, 0.25) is 0 Å². The molecule has 0 aromatic rings. The maximum Gasteiger partial charge on any atom is 0.0576 e. The molecule has 58 valence electrons. The van der Waals surface area contributed by atoms with Crippen LogP contribution in [0.3, 0.4) is 0 Å². The molecule has 0 unspecified atom stereocenters. The first-order valence-corrected chi connectivity index (χ1v) is 3.24. The predicted molar refractivity (Wildman–Crippen MR) is 42.5 cm³/mol. The molecule has 0 aliphatic carbocycles. The zero-order chi connectivity index (χ0) is 8.20. The Kier molecular flexibility index (Phi) is 3.06. The van der Waals surface area contributed by atoms with E-state index in [1.807, 2.05) is 20.8 Å². The second kappa shape index (κ2) is 3.34. The topological polar surface area (TPSA) is 32.7 Å². The maximum absolute atomic E-state index is 10.2. The van der Waals surface area contributed by atoms with E-state index in [-0.39, 0.29) is 5.54 Å². The van der Waals surface area contributed by atoms with Gasteiger partial charge in [0, 0.05) is 0 Å². The first-order valence-electron chi connectivity index (χ1n) is 3.24. The molecular formula is C7H14N2O. The minimum atomic E-state index is -0.198. The fourth-order valence-corrected chi connectivity index (χ4v) is 0.552. The van der Waals surface area contributed by atoms with Crippen LogP contribution in [0.25, 0.3) is 0 Å². The zero-order valence-electron chi connectivity index (χ0n) is 6.79. The number of hydrogen-bond acceptors (Lipinski definition) is 2. The smallest absolute Gasteiger partial charge is 0.0576 e. The Bertz CT molecular complexity index is 126. The van der Waals surface area contributed by atoms with Crippen molar-refractivity contribution in [2.45, 2.75) is 26.3 Å². The van der Waals surface area contributed by atoms with Gasteiger partial charge in [0.05, 0.1) is 17.4 Å². The molecule has 0 aromatic carbocycles. The summed E-state index contributed by atoms with van der Waals surface area (Å²) in [6.45, 7) is 9.81. The van der Waals surface area contributed by atoms with E-state index < -0.39 is 0 Å². The lowest BCUT2D eigenvalue weighted by Crippen LogP contribution is -2.36. The summed E-state index contributed by atoms with van der Waals surface area (Å²) in [5.41, 5.74) is -0.198. The molecular weight excluding hydrogens is 128 g/mol. The maximum atomic E-state index is 10.2. The van der Waals surface area contributed by atoms with Gasteiger partial charge in [-0.15, -0.1) is 11.5 Å². The van der Waals surface area contributed by atoms with E-state index in [4.69, 9.17) is 0 Å². The summed E-state index contributed by atoms with van der Waals surface area (Å²) in [6, 6.07) is 0. The Labute approximate surface area is 61.7 Å². The van der Waals surface area contributed by atoms with Crippen LogP contribution in [0, 0.1) is 4.91 Å². The SMILES string of the molecule is C=CCN(N=O)C(C)(C)C. The largest absolute Gasteiger partial charge is 0.252 e. The molecule has 0 N–H and O–H groups in total. The van der Waals surface area contributed by atoms with Crippen LogP contribution in [0.5, 0.6) is 0 Å². The van der Waals surface area contributed by atoms with E-state index in [0.29, 0.717) is 6.54 Å². The van der Waals surface area contributed by atoms with Gasteiger partial charge in [0.2, 0.25) is 0 Å². The highest BCUT2D eigenvalue weighted by Crippen LogP contribution is 2.12. The van der Waals surface area contributed by atoms with Gasteiger partial charge in [0.1, 0.15) is 0 Å². The van der Waals surface area contributed by atoms with E-state index in [1.165, 1.54) is 5.01 Å². The summed E-state index contributed by atoms with van der Waals surface area (Å²) >= 11 is 0. The van der Waals surface area contributed by atoms with Gasteiger partial charge in [0.25, 0.3) is 0 Å². The summed E-state index contributed by atoms with van der Waals surface area (Å²) < 4.78 is 0. The Hall–Kier alpha value is -0.860. The molecule has 0 saturated carbocycles. The molecule has 0 heterocycles. The highest BCUT2D eigenvalue weighted by molar-refractivity contribution is 4.79. The Morgan fingerprint density at radius 3 is 2.20 bits per heavy atom. The third-order valence-electron chi connectivity index (χ3n) is 1.17.